The minimum Gasteiger partial charge on any atom is -0.494 e. The molecule has 0 fully saturated rings. The van der Waals surface area contributed by atoms with E-state index in [0.717, 1.165) is 16.5 Å². The Morgan fingerprint density at radius 1 is 1.10 bits per heavy atom. The number of hydrogen-bond acceptors (Lipinski definition) is 3. The molecule has 0 atom stereocenters. The first kappa shape index (κ1) is 13.4. The van der Waals surface area contributed by atoms with Crippen LogP contribution in [0.15, 0.2) is 54.7 Å². The molecule has 0 aliphatic rings. The molecule has 3 aromatic rings. The molecule has 0 unspecified atom stereocenters. The third kappa shape index (κ3) is 2.94. The highest BCUT2D eigenvalue weighted by molar-refractivity contribution is 5.79. The Bertz CT molecular complexity index is 774. The Morgan fingerprint density at radius 2 is 1.95 bits per heavy atom. The molecule has 0 aliphatic heterocycles. The number of nitrogens with zero attached hydrogens (tertiary/aromatic N) is 1. The van der Waals surface area contributed by atoms with Gasteiger partial charge < -0.3 is 9.47 Å². The predicted molar refractivity (Wildman–Crippen MR) is 79.0 cm³/mol. The van der Waals surface area contributed by atoms with Crippen molar-refractivity contribution in [3.8, 4) is 11.5 Å². The molecule has 0 spiro atoms. The zero-order valence-corrected chi connectivity index (χ0v) is 11.5. The van der Waals surface area contributed by atoms with Gasteiger partial charge in [0, 0.05) is 5.39 Å². The predicted octanol–water partition coefficient (Wildman–Crippen LogP) is 3.96. The van der Waals surface area contributed by atoms with Crippen LogP contribution in [0.2, 0.25) is 0 Å². The highest BCUT2D eigenvalue weighted by Crippen LogP contribution is 2.21. The lowest BCUT2D eigenvalue weighted by atomic mass is 10.2. The van der Waals surface area contributed by atoms with Crippen LogP contribution in [0.1, 0.15) is 5.56 Å². The number of benzene rings is 2. The molecule has 1 heterocycles. The number of pyridine rings is 1. The Kier molecular flexibility index (Phi) is 3.69. The molecule has 0 radical (unpaired) electrons. The molecule has 0 saturated heterocycles. The van der Waals surface area contributed by atoms with Gasteiger partial charge in [-0.05, 0) is 29.8 Å². The summed E-state index contributed by atoms with van der Waals surface area (Å²) in [5, 5.41) is 1.01. The van der Waals surface area contributed by atoms with E-state index in [9.17, 15) is 4.39 Å². The van der Waals surface area contributed by atoms with Crippen molar-refractivity contribution in [1.82, 2.24) is 4.98 Å². The Morgan fingerprint density at radius 3 is 2.76 bits per heavy atom. The third-order valence-corrected chi connectivity index (χ3v) is 3.19. The molecule has 0 bridgehead atoms. The van der Waals surface area contributed by atoms with E-state index < -0.39 is 5.82 Å². The normalized spacial score (nSPS) is 10.6. The van der Waals surface area contributed by atoms with E-state index in [2.05, 4.69) is 4.98 Å². The average molecular weight is 283 g/mol. The van der Waals surface area contributed by atoms with Crippen LogP contribution in [0.5, 0.6) is 11.5 Å². The van der Waals surface area contributed by atoms with E-state index in [1.165, 1.54) is 13.2 Å². The molecule has 0 N–H and O–H groups in total. The van der Waals surface area contributed by atoms with Gasteiger partial charge in [-0.2, -0.15) is 0 Å². The van der Waals surface area contributed by atoms with E-state index in [0.29, 0.717) is 5.75 Å². The summed E-state index contributed by atoms with van der Waals surface area (Å²) < 4.78 is 24.1. The van der Waals surface area contributed by atoms with Gasteiger partial charge >= 0.3 is 0 Å². The second-order valence-electron chi connectivity index (χ2n) is 4.62. The maximum Gasteiger partial charge on any atom is 0.165 e. The molecule has 4 heteroatoms. The zero-order chi connectivity index (χ0) is 14.7. The summed E-state index contributed by atoms with van der Waals surface area (Å²) in [7, 11) is 1.44. The maximum absolute atomic E-state index is 13.6. The van der Waals surface area contributed by atoms with E-state index in [1.807, 2.05) is 30.3 Å². The summed E-state index contributed by atoms with van der Waals surface area (Å²) in [6, 6.07) is 14.5. The summed E-state index contributed by atoms with van der Waals surface area (Å²) in [6.07, 6.45) is 1.67. The van der Waals surface area contributed by atoms with Gasteiger partial charge in [-0.25, -0.2) is 4.39 Å². The lowest BCUT2D eigenvalue weighted by molar-refractivity contribution is 0.304. The fourth-order valence-corrected chi connectivity index (χ4v) is 2.10. The monoisotopic (exact) mass is 283 g/mol. The van der Waals surface area contributed by atoms with Gasteiger partial charge in [0.05, 0.1) is 18.8 Å². The fourth-order valence-electron chi connectivity index (χ4n) is 2.10. The number of hydrogen-bond donors (Lipinski definition) is 0. The van der Waals surface area contributed by atoms with Gasteiger partial charge in [-0.3, -0.25) is 4.98 Å². The largest absolute Gasteiger partial charge is 0.494 e. The Labute approximate surface area is 122 Å². The summed E-state index contributed by atoms with van der Waals surface area (Å²) in [6.45, 7) is 0.279. The first-order valence-corrected chi connectivity index (χ1v) is 6.56. The number of para-hydroxylation sites is 1. The second-order valence-corrected chi connectivity index (χ2v) is 4.62. The highest BCUT2D eigenvalue weighted by Gasteiger charge is 2.04. The van der Waals surface area contributed by atoms with Crippen molar-refractivity contribution < 1.29 is 13.9 Å². The van der Waals surface area contributed by atoms with Crippen LogP contribution in [0.25, 0.3) is 10.9 Å². The first-order valence-electron chi connectivity index (χ1n) is 6.56. The number of fused-ring (bicyclic) bond motifs is 1. The molecule has 3 nitrogen and oxygen atoms in total. The van der Waals surface area contributed by atoms with Gasteiger partial charge in [0.2, 0.25) is 0 Å². The van der Waals surface area contributed by atoms with E-state index in [-0.39, 0.29) is 12.4 Å². The van der Waals surface area contributed by atoms with Crippen molar-refractivity contribution in [2.45, 2.75) is 6.61 Å². The second kappa shape index (κ2) is 5.79. The molecule has 21 heavy (non-hydrogen) atoms. The fraction of sp³-hybridized carbons (Fsp3) is 0.118. The number of aromatic nitrogens is 1. The summed E-state index contributed by atoms with van der Waals surface area (Å²) in [5.74, 6) is 0.492. The molecular weight excluding hydrogens is 269 g/mol. The first-order chi connectivity index (χ1) is 10.3. The van der Waals surface area contributed by atoms with Crippen molar-refractivity contribution >= 4 is 10.9 Å². The zero-order valence-electron chi connectivity index (χ0n) is 11.5. The van der Waals surface area contributed by atoms with Crippen LogP contribution in [0.4, 0.5) is 4.39 Å². The average Bonchev–Trinajstić information content (AvgIpc) is 2.53. The quantitative estimate of drug-likeness (QED) is 0.726. The van der Waals surface area contributed by atoms with Gasteiger partial charge in [0.25, 0.3) is 0 Å². The van der Waals surface area contributed by atoms with Crippen molar-refractivity contribution in [2.75, 3.05) is 7.11 Å². The summed E-state index contributed by atoms with van der Waals surface area (Å²) in [4.78, 5) is 4.32. The molecule has 1 aromatic heterocycles. The summed E-state index contributed by atoms with van der Waals surface area (Å²) in [5.41, 5.74) is 1.65. The van der Waals surface area contributed by atoms with E-state index in [4.69, 9.17) is 9.47 Å². The van der Waals surface area contributed by atoms with Crippen LogP contribution >= 0.6 is 0 Å². The third-order valence-electron chi connectivity index (χ3n) is 3.19. The standard InChI is InChI=1S/C17H14FNO2/c1-20-17-7-6-12(8-15(17)18)11-21-14-9-13-4-2-3-5-16(13)19-10-14/h2-10H,11H2,1H3. The van der Waals surface area contributed by atoms with Crippen LogP contribution in [-0.4, -0.2) is 12.1 Å². The minimum atomic E-state index is -0.393. The van der Waals surface area contributed by atoms with Gasteiger partial charge in [0.1, 0.15) is 12.4 Å². The number of methoxy groups -OCH3 is 1. The van der Waals surface area contributed by atoms with Gasteiger partial charge in [-0.15, -0.1) is 0 Å². The highest BCUT2D eigenvalue weighted by atomic mass is 19.1. The van der Waals surface area contributed by atoms with Gasteiger partial charge in [-0.1, -0.05) is 24.3 Å². The summed E-state index contributed by atoms with van der Waals surface area (Å²) >= 11 is 0. The van der Waals surface area contributed by atoms with Gasteiger partial charge in [0.15, 0.2) is 11.6 Å². The Hall–Kier alpha value is -2.62. The SMILES string of the molecule is COc1ccc(COc2cnc3ccccc3c2)cc1F. The topological polar surface area (TPSA) is 31.4 Å². The van der Waals surface area contributed by atoms with Crippen LogP contribution in [-0.2, 0) is 6.61 Å². The lowest BCUT2D eigenvalue weighted by Crippen LogP contribution is -1.97. The minimum absolute atomic E-state index is 0.228. The van der Waals surface area contributed by atoms with Crippen LogP contribution in [0, 0.1) is 5.82 Å². The molecule has 3 rings (SSSR count). The van der Waals surface area contributed by atoms with Crippen molar-refractivity contribution in [1.29, 1.82) is 0 Å². The molecule has 106 valence electrons. The molecule has 0 amide bonds. The smallest absolute Gasteiger partial charge is 0.165 e. The van der Waals surface area contributed by atoms with Crippen molar-refractivity contribution in [3.63, 3.8) is 0 Å². The lowest BCUT2D eigenvalue weighted by Gasteiger charge is -2.08. The van der Waals surface area contributed by atoms with Crippen molar-refractivity contribution in [3.05, 3.63) is 66.1 Å². The number of halogens is 1. The Balaban J connectivity index is 1.75. The van der Waals surface area contributed by atoms with Crippen LogP contribution in [0.3, 0.4) is 0 Å². The number of ether oxygens (including phenoxy) is 2. The van der Waals surface area contributed by atoms with E-state index >= 15 is 0 Å². The molecular formula is C17H14FNO2. The van der Waals surface area contributed by atoms with Crippen LogP contribution < -0.4 is 9.47 Å². The molecule has 2 aromatic carbocycles. The maximum atomic E-state index is 13.6. The van der Waals surface area contributed by atoms with E-state index in [1.54, 1.807) is 18.3 Å². The van der Waals surface area contributed by atoms with Crippen molar-refractivity contribution in [2.24, 2.45) is 0 Å². The molecule has 0 saturated carbocycles. The number of rotatable bonds is 4. The molecule has 0 aliphatic carbocycles.